The van der Waals surface area contributed by atoms with Crippen LogP contribution in [0.2, 0.25) is 5.02 Å². The summed E-state index contributed by atoms with van der Waals surface area (Å²) in [6.07, 6.45) is 2.06. The third-order valence-electron chi connectivity index (χ3n) is 5.47. The van der Waals surface area contributed by atoms with Crippen LogP contribution in [0.5, 0.6) is 0 Å². The summed E-state index contributed by atoms with van der Waals surface area (Å²) in [4.78, 5) is 28.4. The van der Waals surface area contributed by atoms with Gasteiger partial charge in [-0.2, -0.15) is 0 Å². The Labute approximate surface area is 214 Å². The van der Waals surface area contributed by atoms with Crippen molar-refractivity contribution in [1.29, 1.82) is 0 Å². The number of sulfonamides is 1. The smallest absolute Gasteiger partial charge is 0.244 e. The Morgan fingerprint density at radius 1 is 1.03 bits per heavy atom. The van der Waals surface area contributed by atoms with Gasteiger partial charge in [-0.25, -0.2) is 8.42 Å². The first-order valence-electron chi connectivity index (χ1n) is 11.7. The zero-order valence-electron chi connectivity index (χ0n) is 21.3. The van der Waals surface area contributed by atoms with Crippen LogP contribution in [0.1, 0.15) is 52.2 Å². The van der Waals surface area contributed by atoms with Gasteiger partial charge in [0.05, 0.1) is 11.9 Å². The van der Waals surface area contributed by atoms with Crippen molar-refractivity contribution in [2.45, 2.75) is 65.6 Å². The highest BCUT2D eigenvalue weighted by Gasteiger charge is 2.33. The lowest BCUT2D eigenvalue weighted by Gasteiger charge is -2.34. The maximum Gasteiger partial charge on any atom is 0.244 e. The molecule has 2 aromatic carbocycles. The standard InChI is InChI=1S/C26H36ClN3O4S/c1-7-20-11-9-10-12-23(20)30(35(6,33)34)18-24(31)29(17-19-13-15-21(27)16-14-19)22(8-2)25(32)28-26(3,4)5/h9-16,22H,7-8,17-18H2,1-6H3,(H,28,32). The molecule has 7 nitrogen and oxygen atoms in total. The Kier molecular flexibility index (Phi) is 9.75. The number of para-hydroxylation sites is 1. The van der Waals surface area contributed by atoms with Gasteiger partial charge in [0.25, 0.3) is 0 Å². The highest BCUT2D eigenvalue weighted by molar-refractivity contribution is 7.92. The number of carbonyl (C=O) groups is 2. The number of amides is 2. The Morgan fingerprint density at radius 3 is 2.14 bits per heavy atom. The second-order valence-corrected chi connectivity index (χ2v) is 11.9. The van der Waals surface area contributed by atoms with Crippen LogP contribution >= 0.6 is 11.6 Å². The van der Waals surface area contributed by atoms with Crippen molar-refractivity contribution in [3.8, 4) is 0 Å². The average molecular weight is 522 g/mol. The Balaban J connectivity index is 2.48. The number of hydrogen-bond donors (Lipinski definition) is 1. The molecule has 0 heterocycles. The van der Waals surface area contributed by atoms with Gasteiger partial charge in [0.1, 0.15) is 12.6 Å². The fourth-order valence-electron chi connectivity index (χ4n) is 3.81. The van der Waals surface area contributed by atoms with Gasteiger partial charge < -0.3 is 10.2 Å². The van der Waals surface area contributed by atoms with E-state index in [9.17, 15) is 18.0 Å². The summed E-state index contributed by atoms with van der Waals surface area (Å²) in [6, 6.07) is 13.4. The van der Waals surface area contributed by atoms with Gasteiger partial charge in [-0.1, -0.05) is 55.8 Å². The van der Waals surface area contributed by atoms with Crippen LogP contribution in [0.3, 0.4) is 0 Å². The first-order chi connectivity index (χ1) is 16.3. The quantitative estimate of drug-likeness (QED) is 0.502. The van der Waals surface area contributed by atoms with Crippen molar-refractivity contribution in [1.82, 2.24) is 10.2 Å². The molecule has 0 aliphatic carbocycles. The molecular formula is C26H36ClN3O4S. The molecule has 1 atom stereocenters. The van der Waals surface area contributed by atoms with Gasteiger partial charge in [-0.3, -0.25) is 13.9 Å². The van der Waals surface area contributed by atoms with Crippen LogP contribution in [-0.2, 0) is 32.6 Å². The number of nitrogens with one attached hydrogen (secondary N) is 1. The lowest BCUT2D eigenvalue weighted by Crippen LogP contribution is -2.55. The van der Waals surface area contributed by atoms with Gasteiger partial charge >= 0.3 is 0 Å². The molecule has 0 spiro atoms. The predicted molar refractivity (Wildman–Crippen MR) is 142 cm³/mol. The number of rotatable bonds is 10. The third-order valence-corrected chi connectivity index (χ3v) is 6.85. The number of nitrogens with zero attached hydrogens (tertiary/aromatic N) is 2. The second kappa shape index (κ2) is 11.9. The minimum absolute atomic E-state index is 0.138. The van der Waals surface area contributed by atoms with Crippen LogP contribution in [0.15, 0.2) is 48.5 Å². The van der Waals surface area contributed by atoms with Crippen molar-refractivity contribution in [2.75, 3.05) is 17.1 Å². The zero-order valence-corrected chi connectivity index (χ0v) is 22.9. The van der Waals surface area contributed by atoms with Crippen molar-refractivity contribution >= 4 is 39.1 Å². The third kappa shape index (κ3) is 8.25. The van der Waals surface area contributed by atoms with Gasteiger partial charge in [0, 0.05) is 17.1 Å². The van der Waals surface area contributed by atoms with Gasteiger partial charge in [-0.05, 0) is 62.9 Å². The van der Waals surface area contributed by atoms with E-state index in [0.717, 1.165) is 21.7 Å². The largest absolute Gasteiger partial charge is 0.350 e. The first-order valence-corrected chi connectivity index (χ1v) is 13.9. The molecule has 0 aliphatic heterocycles. The van der Waals surface area contributed by atoms with Crippen LogP contribution in [0.4, 0.5) is 5.69 Å². The topological polar surface area (TPSA) is 86.8 Å². The Hall–Kier alpha value is -2.58. The van der Waals surface area contributed by atoms with E-state index in [1.807, 2.05) is 46.8 Å². The fraction of sp³-hybridized carbons (Fsp3) is 0.462. The molecule has 0 saturated carbocycles. The molecule has 0 aliphatic rings. The summed E-state index contributed by atoms with van der Waals surface area (Å²) in [7, 11) is -3.77. The predicted octanol–water partition coefficient (Wildman–Crippen LogP) is 4.39. The molecular weight excluding hydrogens is 486 g/mol. The Morgan fingerprint density at radius 2 is 1.63 bits per heavy atom. The molecule has 192 valence electrons. The van der Waals surface area contributed by atoms with Crippen molar-refractivity contribution < 1.29 is 18.0 Å². The summed E-state index contributed by atoms with van der Waals surface area (Å²) in [5, 5.41) is 3.51. The average Bonchev–Trinajstić information content (AvgIpc) is 2.76. The SMILES string of the molecule is CCc1ccccc1N(CC(=O)N(Cc1ccc(Cl)cc1)C(CC)C(=O)NC(C)(C)C)S(C)(=O)=O. The monoisotopic (exact) mass is 521 g/mol. The molecule has 2 rings (SSSR count). The number of benzene rings is 2. The molecule has 2 aromatic rings. The highest BCUT2D eigenvalue weighted by Crippen LogP contribution is 2.24. The molecule has 0 bridgehead atoms. The molecule has 0 radical (unpaired) electrons. The summed E-state index contributed by atoms with van der Waals surface area (Å²) >= 11 is 6.02. The normalized spacial score (nSPS) is 12.7. The minimum atomic E-state index is -3.77. The summed E-state index contributed by atoms with van der Waals surface area (Å²) in [6.45, 7) is 9.09. The molecule has 35 heavy (non-hydrogen) atoms. The number of hydrogen-bond acceptors (Lipinski definition) is 4. The maximum atomic E-state index is 13.7. The first kappa shape index (κ1) is 28.7. The van der Waals surface area contributed by atoms with Gasteiger partial charge in [0.15, 0.2) is 0 Å². The molecule has 1 unspecified atom stereocenters. The molecule has 1 N–H and O–H groups in total. The van der Waals surface area contributed by atoms with Gasteiger partial charge in [0.2, 0.25) is 21.8 Å². The van der Waals surface area contributed by atoms with Crippen molar-refractivity contribution in [3.63, 3.8) is 0 Å². The van der Waals surface area contributed by atoms with E-state index in [4.69, 9.17) is 11.6 Å². The molecule has 0 aromatic heterocycles. The van der Waals surface area contributed by atoms with E-state index in [2.05, 4.69) is 5.32 Å². The number of aryl methyl sites for hydroxylation is 1. The van der Waals surface area contributed by atoms with E-state index in [0.29, 0.717) is 23.6 Å². The van der Waals surface area contributed by atoms with Gasteiger partial charge in [-0.15, -0.1) is 0 Å². The molecule has 9 heteroatoms. The van der Waals surface area contributed by atoms with E-state index in [1.165, 1.54) is 4.90 Å². The maximum absolute atomic E-state index is 13.7. The number of halogens is 1. The van der Waals surface area contributed by atoms with E-state index in [1.54, 1.807) is 36.4 Å². The lowest BCUT2D eigenvalue weighted by molar-refractivity contribution is -0.141. The van der Waals surface area contributed by atoms with Crippen molar-refractivity contribution in [2.24, 2.45) is 0 Å². The summed E-state index contributed by atoms with van der Waals surface area (Å²) < 4.78 is 26.7. The summed E-state index contributed by atoms with van der Waals surface area (Å²) in [5.41, 5.74) is 1.57. The van der Waals surface area contributed by atoms with E-state index < -0.39 is 34.1 Å². The van der Waals surface area contributed by atoms with Crippen LogP contribution in [0, 0.1) is 0 Å². The molecule has 2 amide bonds. The number of anilines is 1. The number of carbonyl (C=O) groups excluding carboxylic acids is 2. The summed E-state index contributed by atoms with van der Waals surface area (Å²) in [5.74, 6) is -0.755. The molecule has 0 saturated heterocycles. The Bertz CT molecular complexity index is 1130. The molecule has 0 fully saturated rings. The minimum Gasteiger partial charge on any atom is -0.350 e. The van der Waals surface area contributed by atoms with Crippen molar-refractivity contribution in [3.05, 3.63) is 64.7 Å². The van der Waals surface area contributed by atoms with E-state index in [-0.39, 0.29) is 12.5 Å². The fourth-order valence-corrected chi connectivity index (χ4v) is 4.81. The highest BCUT2D eigenvalue weighted by atomic mass is 35.5. The zero-order chi connectivity index (χ0) is 26.4. The van der Waals surface area contributed by atoms with Crippen LogP contribution < -0.4 is 9.62 Å². The van der Waals surface area contributed by atoms with Crippen LogP contribution in [0.25, 0.3) is 0 Å². The second-order valence-electron chi connectivity index (χ2n) is 9.56. The lowest BCUT2D eigenvalue weighted by atomic mass is 10.1. The van der Waals surface area contributed by atoms with Crippen LogP contribution in [-0.4, -0.2) is 49.5 Å². The van der Waals surface area contributed by atoms with E-state index >= 15 is 0 Å².